The summed E-state index contributed by atoms with van der Waals surface area (Å²) in [4.78, 5) is 17.7. The Morgan fingerprint density at radius 2 is 2.04 bits per heavy atom. The van der Waals surface area contributed by atoms with Crippen molar-refractivity contribution in [2.24, 2.45) is 0 Å². The van der Waals surface area contributed by atoms with Gasteiger partial charge in [0.15, 0.2) is 0 Å². The highest BCUT2D eigenvalue weighted by Gasteiger charge is 2.29. The summed E-state index contributed by atoms with van der Waals surface area (Å²) in [6.45, 7) is 8.79. The first-order valence-corrected chi connectivity index (χ1v) is 8.82. The number of nitrogens with zero attached hydrogens (tertiary/aromatic N) is 4. The van der Waals surface area contributed by atoms with Crippen LogP contribution in [-0.2, 0) is 13.1 Å². The summed E-state index contributed by atoms with van der Waals surface area (Å²) < 4.78 is 2.23. The Balaban J connectivity index is 1.63. The van der Waals surface area contributed by atoms with E-state index in [-0.39, 0.29) is 11.6 Å². The molecule has 1 atom stereocenters. The Kier molecular flexibility index (Phi) is 3.92. The third-order valence-electron chi connectivity index (χ3n) is 5.06. The van der Waals surface area contributed by atoms with Crippen LogP contribution in [0.4, 0.5) is 0 Å². The van der Waals surface area contributed by atoms with E-state index in [1.54, 1.807) is 0 Å². The molecule has 2 aromatic heterocycles. The summed E-state index contributed by atoms with van der Waals surface area (Å²) in [6.07, 6.45) is 0. The van der Waals surface area contributed by atoms with Gasteiger partial charge in [0.2, 0.25) is 0 Å². The van der Waals surface area contributed by atoms with Crippen LogP contribution in [0.3, 0.4) is 0 Å². The number of para-hydroxylation sites is 1. The monoisotopic (exact) mass is 337 g/mol. The fraction of sp³-hybridized carbons (Fsp3) is 0.421. The van der Waals surface area contributed by atoms with E-state index >= 15 is 0 Å². The van der Waals surface area contributed by atoms with Gasteiger partial charge in [-0.1, -0.05) is 32.0 Å². The van der Waals surface area contributed by atoms with Gasteiger partial charge in [-0.05, 0) is 24.4 Å². The van der Waals surface area contributed by atoms with Crippen LogP contribution in [0.5, 0.6) is 0 Å². The molecule has 1 aliphatic rings. The molecular weight excluding hydrogens is 314 g/mol. The third kappa shape index (κ3) is 2.76. The number of aromatic amines is 1. The van der Waals surface area contributed by atoms with Gasteiger partial charge in [-0.2, -0.15) is 0 Å². The van der Waals surface area contributed by atoms with Gasteiger partial charge in [-0.25, -0.2) is 0 Å². The maximum atomic E-state index is 12.4. The summed E-state index contributed by atoms with van der Waals surface area (Å²) in [5, 5.41) is 9.84. The van der Waals surface area contributed by atoms with Gasteiger partial charge in [0.1, 0.15) is 11.6 Å². The summed E-state index contributed by atoms with van der Waals surface area (Å²) >= 11 is 0. The number of H-pyrrole nitrogens is 1. The molecule has 0 saturated carbocycles. The molecule has 0 amide bonds. The maximum absolute atomic E-state index is 12.4. The van der Waals surface area contributed by atoms with Gasteiger partial charge >= 0.3 is 0 Å². The molecular formula is C19H23N5O. The van der Waals surface area contributed by atoms with Gasteiger partial charge in [0, 0.05) is 36.6 Å². The van der Waals surface area contributed by atoms with Crippen molar-refractivity contribution in [1.82, 2.24) is 24.6 Å². The SMILES string of the molecule is CC(C)c1nnc2n1CCN(Cc1cc3ccccc3[nH]c1=O)C2C. The van der Waals surface area contributed by atoms with Gasteiger partial charge in [0.05, 0.1) is 6.04 Å². The van der Waals surface area contributed by atoms with E-state index in [2.05, 4.69) is 45.4 Å². The van der Waals surface area contributed by atoms with Crippen molar-refractivity contribution in [3.63, 3.8) is 0 Å². The lowest BCUT2D eigenvalue weighted by Gasteiger charge is -2.33. The molecule has 0 bridgehead atoms. The largest absolute Gasteiger partial charge is 0.322 e. The molecule has 130 valence electrons. The van der Waals surface area contributed by atoms with Crippen LogP contribution in [0, 0.1) is 0 Å². The molecule has 0 saturated heterocycles. The molecule has 1 unspecified atom stereocenters. The Morgan fingerprint density at radius 1 is 1.24 bits per heavy atom. The van der Waals surface area contributed by atoms with Crippen LogP contribution in [-0.4, -0.2) is 31.2 Å². The predicted molar refractivity (Wildman–Crippen MR) is 97.5 cm³/mol. The zero-order valence-electron chi connectivity index (χ0n) is 14.9. The Morgan fingerprint density at radius 3 is 2.84 bits per heavy atom. The number of benzene rings is 1. The highest BCUT2D eigenvalue weighted by Crippen LogP contribution is 2.27. The minimum absolute atomic E-state index is 0.0131. The zero-order valence-corrected chi connectivity index (χ0v) is 14.9. The van der Waals surface area contributed by atoms with E-state index in [1.807, 2.05) is 30.3 Å². The second kappa shape index (κ2) is 6.11. The first-order chi connectivity index (χ1) is 12.0. The Labute approximate surface area is 146 Å². The van der Waals surface area contributed by atoms with E-state index in [9.17, 15) is 4.79 Å². The van der Waals surface area contributed by atoms with Crippen molar-refractivity contribution in [1.29, 1.82) is 0 Å². The van der Waals surface area contributed by atoms with Crippen molar-refractivity contribution in [3.05, 3.63) is 57.9 Å². The minimum atomic E-state index is -0.0131. The smallest absolute Gasteiger partial charge is 0.252 e. The number of hydrogen-bond acceptors (Lipinski definition) is 4. The molecule has 1 aliphatic heterocycles. The highest BCUT2D eigenvalue weighted by atomic mass is 16.1. The standard InChI is InChI=1S/C19H23N5O/c1-12(2)17-21-22-18-13(3)23(8-9-24(17)18)11-15-10-14-6-4-5-7-16(14)20-19(15)25/h4-7,10,12-13H,8-9,11H2,1-3H3,(H,20,25). The molecule has 0 fully saturated rings. The molecule has 3 heterocycles. The number of aromatic nitrogens is 4. The lowest BCUT2D eigenvalue weighted by molar-refractivity contribution is 0.154. The number of nitrogens with one attached hydrogen (secondary N) is 1. The van der Waals surface area contributed by atoms with Crippen LogP contribution >= 0.6 is 0 Å². The fourth-order valence-electron chi connectivity index (χ4n) is 3.62. The lowest BCUT2D eigenvalue weighted by atomic mass is 10.1. The van der Waals surface area contributed by atoms with Crippen LogP contribution in [0.15, 0.2) is 35.1 Å². The normalized spacial score (nSPS) is 18.0. The van der Waals surface area contributed by atoms with Crippen LogP contribution in [0.25, 0.3) is 10.9 Å². The molecule has 0 radical (unpaired) electrons. The quantitative estimate of drug-likeness (QED) is 0.798. The molecule has 6 nitrogen and oxygen atoms in total. The molecule has 4 rings (SSSR count). The second-order valence-corrected chi connectivity index (χ2v) is 7.08. The van der Waals surface area contributed by atoms with E-state index in [1.165, 1.54) is 0 Å². The lowest BCUT2D eigenvalue weighted by Crippen LogP contribution is -2.38. The average Bonchev–Trinajstić information content (AvgIpc) is 3.03. The first kappa shape index (κ1) is 16.0. The summed E-state index contributed by atoms with van der Waals surface area (Å²) in [5.41, 5.74) is 1.66. The molecule has 25 heavy (non-hydrogen) atoms. The number of pyridine rings is 1. The van der Waals surface area contributed by atoms with Crippen LogP contribution in [0.1, 0.15) is 49.9 Å². The van der Waals surface area contributed by atoms with Gasteiger partial charge in [0.25, 0.3) is 5.56 Å². The predicted octanol–water partition coefficient (Wildman–Crippen LogP) is 2.82. The highest BCUT2D eigenvalue weighted by molar-refractivity contribution is 5.78. The van der Waals surface area contributed by atoms with Crippen LogP contribution in [0.2, 0.25) is 0 Å². The summed E-state index contributed by atoms with van der Waals surface area (Å²) in [6, 6.07) is 10.0. The van der Waals surface area contributed by atoms with Gasteiger partial charge < -0.3 is 9.55 Å². The molecule has 3 aromatic rings. The Hall–Kier alpha value is -2.47. The first-order valence-electron chi connectivity index (χ1n) is 8.82. The fourth-order valence-corrected chi connectivity index (χ4v) is 3.62. The van der Waals surface area contributed by atoms with E-state index in [0.29, 0.717) is 12.5 Å². The molecule has 0 aliphatic carbocycles. The van der Waals surface area contributed by atoms with Crippen molar-refractivity contribution < 1.29 is 0 Å². The van der Waals surface area contributed by atoms with E-state index < -0.39 is 0 Å². The number of hydrogen-bond donors (Lipinski definition) is 1. The topological polar surface area (TPSA) is 66.8 Å². The molecule has 0 spiro atoms. The summed E-state index contributed by atoms with van der Waals surface area (Å²) in [5.74, 6) is 2.40. The molecule has 1 aromatic carbocycles. The van der Waals surface area contributed by atoms with Crippen molar-refractivity contribution in [2.45, 2.75) is 45.8 Å². The van der Waals surface area contributed by atoms with Crippen LogP contribution < -0.4 is 5.56 Å². The maximum Gasteiger partial charge on any atom is 0.252 e. The zero-order chi connectivity index (χ0) is 17.6. The molecule has 6 heteroatoms. The third-order valence-corrected chi connectivity index (χ3v) is 5.06. The summed E-state index contributed by atoms with van der Waals surface area (Å²) in [7, 11) is 0. The molecule has 1 N–H and O–H groups in total. The van der Waals surface area contributed by atoms with Crippen molar-refractivity contribution in [2.75, 3.05) is 6.54 Å². The second-order valence-electron chi connectivity index (χ2n) is 7.08. The minimum Gasteiger partial charge on any atom is -0.322 e. The Bertz CT molecular complexity index is 971. The van der Waals surface area contributed by atoms with Gasteiger partial charge in [-0.15, -0.1) is 10.2 Å². The number of rotatable bonds is 3. The average molecular weight is 337 g/mol. The number of fused-ring (bicyclic) bond motifs is 2. The van der Waals surface area contributed by atoms with E-state index in [4.69, 9.17) is 0 Å². The van der Waals surface area contributed by atoms with E-state index in [0.717, 1.165) is 41.2 Å². The van der Waals surface area contributed by atoms with Crippen molar-refractivity contribution >= 4 is 10.9 Å². The van der Waals surface area contributed by atoms with Crippen molar-refractivity contribution in [3.8, 4) is 0 Å². The van der Waals surface area contributed by atoms with Gasteiger partial charge in [-0.3, -0.25) is 9.69 Å².